The van der Waals surface area contributed by atoms with Gasteiger partial charge in [0.25, 0.3) is 5.56 Å². The summed E-state index contributed by atoms with van der Waals surface area (Å²) in [6.07, 6.45) is 1.82. The van der Waals surface area contributed by atoms with E-state index in [1.807, 2.05) is 68.5 Å². The van der Waals surface area contributed by atoms with Crippen molar-refractivity contribution in [1.29, 1.82) is 0 Å². The summed E-state index contributed by atoms with van der Waals surface area (Å²) >= 11 is 1.32. The van der Waals surface area contributed by atoms with Crippen molar-refractivity contribution in [2.24, 2.45) is 0 Å². The maximum absolute atomic E-state index is 12.7. The Morgan fingerprint density at radius 3 is 2.50 bits per heavy atom. The molecule has 0 atom stereocenters. The van der Waals surface area contributed by atoms with Crippen LogP contribution in [0.1, 0.15) is 19.4 Å². The Kier molecular flexibility index (Phi) is 5.08. The zero-order valence-corrected chi connectivity index (χ0v) is 16.4. The summed E-state index contributed by atoms with van der Waals surface area (Å²) in [4.78, 5) is 17.8. The molecule has 7 heteroatoms. The molecule has 0 aliphatic carbocycles. The lowest BCUT2D eigenvalue weighted by molar-refractivity contribution is 0.287. The van der Waals surface area contributed by atoms with Crippen molar-refractivity contribution in [1.82, 2.24) is 14.6 Å². The Morgan fingerprint density at radius 2 is 1.79 bits per heavy atom. The fraction of sp³-hybridized carbons (Fsp3) is 0.190. The highest BCUT2D eigenvalue weighted by Crippen LogP contribution is 2.28. The monoisotopic (exact) mass is 393 g/mol. The summed E-state index contributed by atoms with van der Waals surface area (Å²) in [6.45, 7) is 4.95. The molecule has 0 aliphatic heterocycles. The van der Waals surface area contributed by atoms with Gasteiger partial charge in [-0.2, -0.15) is 9.50 Å². The topological polar surface area (TPSA) is 65.7 Å². The first kappa shape index (κ1) is 18.2. The van der Waals surface area contributed by atoms with Crippen LogP contribution in [-0.4, -0.2) is 27.8 Å². The van der Waals surface area contributed by atoms with Crippen LogP contribution in [0.2, 0.25) is 0 Å². The predicted molar refractivity (Wildman–Crippen MR) is 110 cm³/mol. The zero-order valence-electron chi connectivity index (χ0n) is 15.6. The van der Waals surface area contributed by atoms with E-state index in [0.29, 0.717) is 40.0 Å². The predicted octanol–water partition coefficient (Wildman–Crippen LogP) is 3.16. The van der Waals surface area contributed by atoms with E-state index in [0.717, 1.165) is 11.1 Å². The second kappa shape index (κ2) is 7.82. The minimum Gasteiger partial charge on any atom is -0.490 e. The molecular weight excluding hydrogens is 374 g/mol. The molecule has 142 valence electrons. The Morgan fingerprint density at radius 1 is 1.04 bits per heavy atom. The number of ether oxygens (including phenoxy) is 2. The summed E-state index contributed by atoms with van der Waals surface area (Å²) in [7, 11) is 0. The van der Waals surface area contributed by atoms with Crippen LogP contribution in [0.4, 0.5) is 0 Å². The molecule has 28 heavy (non-hydrogen) atoms. The molecule has 0 aliphatic rings. The number of aromatic nitrogens is 3. The van der Waals surface area contributed by atoms with Gasteiger partial charge in [0.1, 0.15) is 0 Å². The number of fused-ring (bicyclic) bond motifs is 1. The molecule has 0 saturated carbocycles. The highest BCUT2D eigenvalue weighted by atomic mass is 32.1. The Balaban J connectivity index is 1.74. The number of hydrogen-bond acceptors (Lipinski definition) is 6. The van der Waals surface area contributed by atoms with E-state index >= 15 is 0 Å². The van der Waals surface area contributed by atoms with Crippen molar-refractivity contribution in [3.63, 3.8) is 0 Å². The van der Waals surface area contributed by atoms with Gasteiger partial charge in [0.05, 0.1) is 17.7 Å². The number of thiazole rings is 1. The van der Waals surface area contributed by atoms with Gasteiger partial charge in [-0.1, -0.05) is 47.7 Å². The van der Waals surface area contributed by atoms with Crippen LogP contribution in [0.25, 0.3) is 22.4 Å². The average molecular weight is 393 g/mol. The van der Waals surface area contributed by atoms with Gasteiger partial charge < -0.3 is 9.47 Å². The molecule has 0 bridgehead atoms. The maximum Gasteiger partial charge on any atom is 0.291 e. The quantitative estimate of drug-likeness (QED) is 0.503. The van der Waals surface area contributed by atoms with Crippen molar-refractivity contribution >= 4 is 22.4 Å². The fourth-order valence-electron chi connectivity index (χ4n) is 2.85. The van der Waals surface area contributed by atoms with Crippen LogP contribution in [0, 0.1) is 0 Å². The van der Waals surface area contributed by atoms with Gasteiger partial charge in [-0.05, 0) is 37.6 Å². The summed E-state index contributed by atoms with van der Waals surface area (Å²) in [5.74, 6) is 1.91. The highest BCUT2D eigenvalue weighted by molar-refractivity contribution is 7.15. The van der Waals surface area contributed by atoms with Gasteiger partial charge >= 0.3 is 0 Å². The Bertz CT molecular complexity index is 1220. The van der Waals surface area contributed by atoms with Crippen LogP contribution < -0.4 is 19.6 Å². The van der Waals surface area contributed by atoms with Gasteiger partial charge in [0, 0.05) is 5.56 Å². The molecule has 0 saturated heterocycles. The summed E-state index contributed by atoms with van der Waals surface area (Å²) in [6, 6.07) is 15.2. The second-order valence-corrected chi connectivity index (χ2v) is 6.99. The first-order valence-corrected chi connectivity index (χ1v) is 9.87. The van der Waals surface area contributed by atoms with Crippen LogP contribution in [0.5, 0.6) is 11.5 Å². The molecular formula is C21H19N3O3S. The molecule has 2 aromatic carbocycles. The molecule has 0 fully saturated rings. The van der Waals surface area contributed by atoms with Crippen molar-refractivity contribution in [2.45, 2.75) is 13.8 Å². The molecule has 0 unspecified atom stereocenters. The van der Waals surface area contributed by atoms with Gasteiger partial charge in [-0.3, -0.25) is 4.79 Å². The van der Waals surface area contributed by atoms with E-state index in [1.165, 1.54) is 15.9 Å². The van der Waals surface area contributed by atoms with Crippen LogP contribution in [-0.2, 0) is 0 Å². The molecule has 4 aromatic rings. The third kappa shape index (κ3) is 3.48. The number of rotatable bonds is 6. The van der Waals surface area contributed by atoms with E-state index in [4.69, 9.17) is 9.47 Å². The normalized spacial score (nSPS) is 11.9. The summed E-state index contributed by atoms with van der Waals surface area (Å²) in [5.41, 5.74) is 1.56. The van der Waals surface area contributed by atoms with E-state index in [1.54, 1.807) is 0 Å². The van der Waals surface area contributed by atoms with Crippen molar-refractivity contribution in [3.05, 3.63) is 69.0 Å². The lowest BCUT2D eigenvalue weighted by atomic mass is 10.2. The first-order chi connectivity index (χ1) is 13.7. The van der Waals surface area contributed by atoms with E-state index in [-0.39, 0.29) is 5.56 Å². The second-order valence-electron chi connectivity index (χ2n) is 5.98. The molecule has 0 N–H and O–H groups in total. The third-order valence-electron chi connectivity index (χ3n) is 4.08. The summed E-state index contributed by atoms with van der Waals surface area (Å²) in [5, 5.41) is 4.37. The molecule has 4 rings (SSSR count). The number of hydrogen-bond donors (Lipinski definition) is 0. The lowest BCUT2D eigenvalue weighted by Gasteiger charge is -2.11. The van der Waals surface area contributed by atoms with E-state index < -0.39 is 0 Å². The van der Waals surface area contributed by atoms with Crippen molar-refractivity contribution in [3.8, 4) is 22.9 Å². The average Bonchev–Trinajstić information content (AvgIpc) is 3.25. The first-order valence-electron chi connectivity index (χ1n) is 9.06. The molecule has 0 amide bonds. The minimum atomic E-state index is -0.179. The SMILES string of the molecule is CCOc1ccc(/C=c2\sc3nc(-c4ccccc4)nn3c2=O)cc1OCC. The van der Waals surface area contributed by atoms with E-state index in [2.05, 4.69) is 10.1 Å². The molecule has 6 nitrogen and oxygen atoms in total. The lowest BCUT2D eigenvalue weighted by Crippen LogP contribution is -2.23. The Labute approximate surface area is 165 Å². The van der Waals surface area contributed by atoms with Gasteiger partial charge in [-0.15, -0.1) is 5.10 Å². The fourth-order valence-corrected chi connectivity index (χ4v) is 3.76. The summed E-state index contributed by atoms with van der Waals surface area (Å²) < 4.78 is 13.2. The largest absolute Gasteiger partial charge is 0.490 e. The number of nitrogens with zero attached hydrogens (tertiary/aromatic N) is 3. The van der Waals surface area contributed by atoms with Crippen LogP contribution in [0.15, 0.2) is 53.3 Å². The van der Waals surface area contributed by atoms with Crippen molar-refractivity contribution in [2.75, 3.05) is 13.2 Å². The molecule has 0 radical (unpaired) electrons. The van der Waals surface area contributed by atoms with Gasteiger partial charge in [0.15, 0.2) is 17.3 Å². The highest BCUT2D eigenvalue weighted by Gasteiger charge is 2.12. The van der Waals surface area contributed by atoms with Gasteiger partial charge in [0.2, 0.25) is 4.96 Å². The van der Waals surface area contributed by atoms with Crippen LogP contribution >= 0.6 is 11.3 Å². The van der Waals surface area contributed by atoms with E-state index in [9.17, 15) is 4.79 Å². The van der Waals surface area contributed by atoms with Crippen LogP contribution in [0.3, 0.4) is 0 Å². The minimum absolute atomic E-state index is 0.179. The molecule has 0 spiro atoms. The third-order valence-corrected chi connectivity index (χ3v) is 5.04. The molecule has 2 aromatic heterocycles. The van der Waals surface area contributed by atoms with Crippen molar-refractivity contribution < 1.29 is 9.47 Å². The number of benzene rings is 2. The van der Waals surface area contributed by atoms with Gasteiger partial charge in [-0.25, -0.2) is 0 Å². The Hall–Kier alpha value is -3.19. The maximum atomic E-state index is 12.7. The molecule has 2 heterocycles. The zero-order chi connectivity index (χ0) is 19.5. The smallest absolute Gasteiger partial charge is 0.291 e. The standard InChI is InChI=1S/C21H19N3O3S/c1-3-26-16-11-10-14(12-17(16)27-4-2)13-18-20(25)24-21(28-18)22-19(23-24)15-8-6-5-7-9-15/h5-13H,3-4H2,1-2H3/b18-13-.